The topological polar surface area (TPSA) is 128 Å². The van der Waals surface area contributed by atoms with Gasteiger partial charge in [-0.3, -0.25) is 9.78 Å². The smallest absolute Gasteiger partial charge is 0.371 e. The summed E-state index contributed by atoms with van der Waals surface area (Å²) in [5, 5.41) is 14.7. The average Bonchev–Trinajstić information content (AvgIpc) is 3.53. The quantitative estimate of drug-likeness (QED) is 0.0292. The number of fused-ring (bicyclic) bond motifs is 1. The Morgan fingerprint density at radius 1 is 0.906 bits per heavy atom. The van der Waals surface area contributed by atoms with E-state index in [-0.39, 0.29) is 11.7 Å². The van der Waals surface area contributed by atoms with Crippen LogP contribution in [0.25, 0.3) is 28.0 Å². The van der Waals surface area contributed by atoms with E-state index in [1.807, 2.05) is 59.4 Å². The molecular formula is C39H52BrN5O6Si2. The van der Waals surface area contributed by atoms with Crippen molar-refractivity contribution < 1.29 is 28.9 Å². The molecule has 0 unspecified atom stereocenters. The number of halogens is 1. The number of aromatic nitrogens is 4. The standard InChI is InChI=1S/C39H52BrN5O6Si2/c1-27(46)51-36(39(47)48)30-15-13-29(14-16-30)35-34(40)38(44(25-49-19-21-52(2,3)4)26-50-20-22-53(5,6)7)45-37(43-35)32(24-42-45)31-17-18-33(41-23-31)28-11-9-8-10-12-28/h8-12,17-18,23-24,29H,13-16,19-22,25-26H2,1-7H3,(H,47,48). The summed E-state index contributed by atoms with van der Waals surface area (Å²) in [6, 6.07) is 16.2. The van der Waals surface area contributed by atoms with Crippen LogP contribution < -0.4 is 4.90 Å². The van der Waals surface area contributed by atoms with Crippen molar-refractivity contribution in [2.24, 2.45) is 0 Å². The van der Waals surface area contributed by atoms with Gasteiger partial charge in [0.05, 0.1) is 22.1 Å². The fraction of sp³-hybridized carbons (Fsp3) is 0.462. The molecule has 53 heavy (non-hydrogen) atoms. The molecule has 1 saturated carbocycles. The SMILES string of the molecule is CC(=O)OC(C(=O)O)=C1CCC(c2nc3c(-c4ccc(-c5ccccc5)nc4)cnn3c(N(COCC[Si](C)(C)C)COCC[Si](C)(C)C)c2Br)CC1. The highest BCUT2D eigenvalue weighted by Crippen LogP contribution is 2.43. The summed E-state index contributed by atoms with van der Waals surface area (Å²) in [7, 11) is -2.64. The number of pyridine rings is 1. The van der Waals surface area contributed by atoms with Crippen molar-refractivity contribution >= 4 is 55.5 Å². The summed E-state index contributed by atoms with van der Waals surface area (Å²) in [4.78, 5) is 35.8. The Labute approximate surface area is 322 Å². The van der Waals surface area contributed by atoms with Gasteiger partial charge in [-0.1, -0.05) is 75.7 Å². The van der Waals surface area contributed by atoms with Gasteiger partial charge < -0.3 is 24.2 Å². The summed E-state index contributed by atoms with van der Waals surface area (Å²) in [5.74, 6) is -1.37. The second kappa shape index (κ2) is 17.6. The van der Waals surface area contributed by atoms with Crippen LogP contribution in [0.2, 0.25) is 51.4 Å². The molecular weight excluding hydrogens is 771 g/mol. The molecule has 0 atom stereocenters. The van der Waals surface area contributed by atoms with E-state index in [1.165, 1.54) is 6.92 Å². The van der Waals surface area contributed by atoms with Gasteiger partial charge in [0.2, 0.25) is 5.76 Å². The molecule has 0 radical (unpaired) electrons. The lowest BCUT2D eigenvalue weighted by atomic mass is 9.83. The number of carbonyl (C=O) groups excluding carboxylic acids is 1. The van der Waals surface area contributed by atoms with Gasteiger partial charge in [0.1, 0.15) is 13.5 Å². The maximum atomic E-state index is 12.0. The second-order valence-corrected chi connectivity index (χ2v) is 28.1. The van der Waals surface area contributed by atoms with Crippen molar-refractivity contribution in [3.05, 3.63) is 76.4 Å². The third-order valence-electron chi connectivity index (χ3n) is 9.26. The Balaban J connectivity index is 1.57. The van der Waals surface area contributed by atoms with Gasteiger partial charge in [0.15, 0.2) is 11.5 Å². The molecule has 1 N–H and O–H groups in total. The van der Waals surface area contributed by atoms with Gasteiger partial charge in [-0.25, -0.2) is 9.78 Å². The first-order chi connectivity index (χ1) is 25.1. The molecule has 1 aliphatic carbocycles. The monoisotopic (exact) mass is 821 g/mol. The van der Waals surface area contributed by atoms with Crippen molar-refractivity contribution in [1.29, 1.82) is 0 Å². The van der Waals surface area contributed by atoms with Gasteiger partial charge in [-0.2, -0.15) is 9.61 Å². The number of allylic oxidation sites excluding steroid dienone is 1. The van der Waals surface area contributed by atoms with E-state index in [1.54, 1.807) is 0 Å². The average molecular weight is 823 g/mol. The maximum Gasteiger partial charge on any atom is 0.371 e. The van der Waals surface area contributed by atoms with Crippen molar-refractivity contribution in [3.63, 3.8) is 0 Å². The Bertz CT molecular complexity index is 1890. The van der Waals surface area contributed by atoms with E-state index in [4.69, 9.17) is 29.3 Å². The van der Waals surface area contributed by atoms with Gasteiger partial charge >= 0.3 is 11.9 Å². The van der Waals surface area contributed by atoms with Gasteiger partial charge in [0, 0.05) is 65.1 Å². The molecule has 0 aliphatic heterocycles. The van der Waals surface area contributed by atoms with Crippen LogP contribution in [-0.4, -0.2) is 79.5 Å². The lowest BCUT2D eigenvalue weighted by Crippen LogP contribution is -2.34. The van der Waals surface area contributed by atoms with E-state index >= 15 is 0 Å². The lowest BCUT2D eigenvalue weighted by molar-refractivity contribution is -0.146. The third kappa shape index (κ3) is 10.9. The molecule has 284 valence electrons. The Kier molecular flexibility index (Phi) is 13.5. The first-order valence-electron chi connectivity index (χ1n) is 18.2. The number of carboxylic acids is 1. The van der Waals surface area contributed by atoms with Gasteiger partial charge in [0.25, 0.3) is 0 Å². The number of ether oxygens (including phenoxy) is 3. The van der Waals surface area contributed by atoms with Crippen LogP contribution in [0.3, 0.4) is 0 Å². The van der Waals surface area contributed by atoms with Gasteiger partial charge in [-0.15, -0.1) is 0 Å². The van der Waals surface area contributed by atoms with E-state index in [2.05, 4.69) is 60.1 Å². The molecule has 1 fully saturated rings. The normalized spacial score (nSPS) is 15.1. The van der Waals surface area contributed by atoms with E-state index < -0.39 is 28.1 Å². The molecule has 11 nitrogen and oxygen atoms in total. The molecule has 5 rings (SSSR count). The van der Waals surface area contributed by atoms with Crippen LogP contribution in [0.5, 0.6) is 0 Å². The fourth-order valence-electron chi connectivity index (χ4n) is 6.20. The number of esters is 1. The molecule has 0 bridgehead atoms. The summed E-state index contributed by atoms with van der Waals surface area (Å²) >= 11 is 3.97. The minimum Gasteiger partial charge on any atom is -0.475 e. The molecule has 4 aromatic rings. The number of carboxylic acid groups (broad SMARTS) is 1. The summed E-state index contributed by atoms with van der Waals surface area (Å²) < 4.78 is 20.5. The van der Waals surface area contributed by atoms with Crippen molar-refractivity contribution in [3.8, 4) is 22.4 Å². The fourth-order valence-corrected chi connectivity index (χ4v) is 8.54. The highest BCUT2D eigenvalue weighted by atomic mass is 79.9. The number of hydrogen-bond acceptors (Lipinski definition) is 9. The van der Waals surface area contributed by atoms with Gasteiger partial charge in [-0.05, 0) is 65.3 Å². The summed E-state index contributed by atoms with van der Waals surface area (Å²) in [6.45, 7) is 17.2. The zero-order chi connectivity index (χ0) is 38.3. The molecule has 14 heteroatoms. The predicted octanol–water partition coefficient (Wildman–Crippen LogP) is 9.21. The molecule has 0 amide bonds. The number of benzene rings is 1. The van der Waals surface area contributed by atoms with E-state index in [0.29, 0.717) is 63.6 Å². The molecule has 1 aliphatic rings. The molecule has 3 aromatic heterocycles. The summed E-state index contributed by atoms with van der Waals surface area (Å²) in [5.41, 5.74) is 5.79. The minimum atomic E-state index is -1.32. The predicted molar refractivity (Wildman–Crippen MR) is 217 cm³/mol. The number of hydrogen-bond donors (Lipinski definition) is 1. The molecule has 3 heterocycles. The minimum absolute atomic E-state index is 0.00644. The second-order valence-electron chi connectivity index (χ2n) is 16.1. The van der Waals surface area contributed by atoms with Crippen molar-refractivity contribution in [2.45, 2.75) is 89.9 Å². The first kappa shape index (κ1) is 40.5. The zero-order valence-electron chi connectivity index (χ0n) is 31.9. The van der Waals surface area contributed by atoms with Crippen LogP contribution in [0.4, 0.5) is 5.82 Å². The van der Waals surface area contributed by atoms with Crippen LogP contribution in [0.15, 0.2) is 70.7 Å². The maximum absolute atomic E-state index is 12.0. The molecule has 1 aromatic carbocycles. The number of rotatable bonds is 16. The highest BCUT2D eigenvalue weighted by molar-refractivity contribution is 9.10. The Morgan fingerprint density at radius 3 is 2.06 bits per heavy atom. The Hall–Kier alpha value is -3.70. The first-order valence-corrected chi connectivity index (χ1v) is 26.4. The Morgan fingerprint density at radius 2 is 1.53 bits per heavy atom. The number of anilines is 1. The number of carbonyl (C=O) groups is 2. The number of nitrogens with zero attached hydrogens (tertiary/aromatic N) is 5. The van der Waals surface area contributed by atoms with Crippen molar-refractivity contribution in [1.82, 2.24) is 19.6 Å². The molecule has 0 saturated heterocycles. The third-order valence-corrected chi connectivity index (χ3v) is 13.4. The molecule has 0 spiro atoms. The number of aliphatic carboxylic acids is 1. The van der Waals surface area contributed by atoms with Crippen LogP contribution in [0, 0.1) is 0 Å². The lowest BCUT2D eigenvalue weighted by Gasteiger charge is -2.30. The van der Waals surface area contributed by atoms with Crippen molar-refractivity contribution in [2.75, 3.05) is 31.6 Å². The van der Waals surface area contributed by atoms with E-state index in [0.717, 1.165) is 50.5 Å². The largest absolute Gasteiger partial charge is 0.475 e. The zero-order valence-corrected chi connectivity index (χ0v) is 35.5. The highest BCUT2D eigenvalue weighted by Gasteiger charge is 2.31. The van der Waals surface area contributed by atoms with Crippen LogP contribution >= 0.6 is 15.9 Å². The summed E-state index contributed by atoms with van der Waals surface area (Å²) in [6.07, 6.45) is 5.88. The van der Waals surface area contributed by atoms with Crippen LogP contribution in [0.1, 0.15) is 44.2 Å². The van der Waals surface area contributed by atoms with Crippen LogP contribution in [-0.2, 0) is 23.8 Å². The van der Waals surface area contributed by atoms with E-state index in [9.17, 15) is 14.7 Å².